The molecule has 0 radical (unpaired) electrons. The Labute approximate surface area is 175 Å². The maximum Gasteiger partial charge on any atom is 0.271 e. The molecule has 0 aliphatic carbocycles. The van der Waals surface area contributed by atoms with Crippen LogP contribution in [0.1, 0.15) is 61.5 Å². The smallest absolute Gasteiger partial charge is 0.271 e. The zero-order valence-corrected chi connectivity index (χ0v) is 18.4. The normalized spacial score (nSPS) is 18.4. The molecule has 5 heteroatoms. The van der Waals surface area contributed by atoms with Gasteiger partial charge < -0.3 is 4.90 Å². The first-order chi connectivity index (χ1) is 12.8. The van der Waals surface area contributed by atoms with E-state index in [0.717, 1.165) is 22.1 Å². The lowest BCUT2D eigenvalue weighted by Gasteiger charge is -2.47. The molecule has 1 heterocycles. The maximum absolute atomic E-state index is 12.2. The third kappa shape index (κ3) is 4.34. The van der Waals surface area contributed by atoms with Crippen LogP contribution in [0.2, 0.25) is 0 Å². The Morgan fingerprint density at radius 2 is 2.11 bits per heavy atom. The number of carbonyl (C=O) groups is 1. The highest BCUT2D eigenvalue weighted by atomic mass is 127. The average molecular weight is 475 g/mol. The third-order valence-corrected chi connectivity index (χ3v) is 5.86. The van der Waals surface area contributed by atoms with Gasteiger partial charge in [-0.1, -0.05) is 19.1 Å². The van der Waals surface area contributed by atoms with Crippen molar-refractivity contribution in [3.63, 3.8) is 0 Å². The van der Waals surface area contributed by atoms with E-state index in [0.29, 0.717) is 11.5 Å². The van der Waals surface area contributed by atoms with Gasteiger partial charge in [-0.3, -0.25) is 4.79 Å². The summed E-state index contributed by atoms with van der Waals surface area (Å²) in [7, 11) is 0. The molecule has 0 fully saturated rings. The molecule has 1 aliphatic heterocycles. The highest BCUT2D eigenvalue weighted by Gasteiger charge is 2.35. The molecule has 4 nitrogen and oxygen atoms in total. The summed E-state index contributed by atoms with van der Waals surface area (Å²) in [6, 6.07) is 13.9. The molecule has 1 amide bonds. The molecule has 0 spiro atoms. The number of fused-ring (bicyclic) bond motifs is 1. The molecule has 1 aliphatic rings. The van der Waals surface area contributed by atoms with E-state index in [2.05, 4.69) is 83.9 Å². The Hall–Kier alpha value is -1.89. The summed E-state index contributed by atoms with van der Waals surface area (Å²) < 4.78 is 1.02. The minimum atomic E-state index is -0.199. The van der Waals surface area contributed by atoms with E-state index in [1.807, 2.05) is 18.2 Å². The Bertz CT molecular complexity index is 876. The summed E-state index contributed by atoms with van der Waals surface area (Å²) in [6.45, 7) is 10.1. The molecule has 0 bridgehead atoms. The molecule has 3 rings (SSSR count). The first kappa shape index (κ1) is 19.9. The average Bonchev–Trinajstić information content (AvgIpc) is 2.61. The van der Waals surface area contributed by atoms with Crippen molar-refractivity contribution in [2.75, 3.05) is 11.4 Å². The zero-order chi connectivity index (χ0) is 19.6. The molecular weight excluding hydrogens is 449 g/mol. The number of nitrogens with zero attached hydrogens (tertiary/aromatic N) is 2. The van der Waals surface area contributed by atoms with Crippen LogP contribution in [0.5, 0.6) is 0 Å². The Morgan fingerprint density at radius 1 is 1.33 bits per heavy atom. The number of rotatable bonds is 4. The lowest BCUT2D eigenvalue weighted by molar-refractivity contribution is 0.0955. The van der Waals surface area contributed by atoms with Crippen LogP contribution in [-0.4, -0.2) is 24.2 Å². The van der Waals surface area contributed by atoms with Gasteiger partial charge in [0.25, 0.3) is 5.91 Å². The van der Waals surface area contributed by atoms with Crippen molar-refractivity contribution in [1.82, 2.24) is 5.43 Å². The van der Waals surface area contributed by atoms with E-state index in [4.69, 9.17) is 0 Å². The monoisotopic (exact) mass is 475 g/mol. The quantitative estimate of drug-likeness (QED) is 0.377. The summed E-state index contributed by atoms with van der Waals surface area (Å²) in [5.74, 6) is 0.294. The number of benzene rings is 2. The molecule has 142 valence electrons. The summed E-state index contributed by atoms with van der Waals surface area (Å²) in [5.41, 5.74) is 7.05. The van der Waals surface area contributed by atoms with Gasteiger partial charge in [-0.25, -0.2) is 5.43 Å². The molecule has 2 aromatic carbocycles. The first-order valence-corrected chi connectivity index (χ1v) is 10.4. The van der Waals surface area contributed by atoms with Crippen molar-refractivity contribution in [3.05, 3.63) is 62.7 Å². The summed E-state index contributed by atoms with van der Waals surface area (Å²) in [5, 5.41) is 4.15. The van der Waals surface area contributed by atoms with Crippen molar-refractivity contribution >= 4 is 40.4 Å². The second kappa shape index (κ2) is 8.00. The minimum absolute atomic E-state index is 0.165. The van der Waals surface area contributed by atoms with Crippen molar-refractivity contribution < 1.29 is 4.79 Å². The van der Waals surface area contributed by atoms with Crippen LogP contribution in [0.4, 0.5) is 5.69 Å². The van der Waals surface area contributed by atoms with E-state index >= 15 is 0 Å². The highest BCUT2D eigenvalue weighted by Crippen LogP contribution is 2.43. The first-order valence-electron chi connectivity index (χ1n) is 9.32. The Morgan fingerprint density at radius 3 is 2.81 bits per heavy atom. The number of nitrogens with one attached hydrogen (secondary N) is 1. The molecule has 0 saturated carbocycles. The summed E-state index contributed by atoms with van der Waals surface area (Å²) in [6.07, 6.45) is 2.84. The molecule has 1 N–H and O–H groups in total. The van der Waals surface area contributed by atoms with E-state index in [9.17, 15) is 4.79 Å². The number of hydrogen-bond donors (Lipinski definition) is 1. The molecular formula is C22H26IN3O. The van der Waals surface area contributed by atoms with Crippen LogP contribution >= 0.6 is 22.6 Å². The molecule has 0 saturated heterocycles. The number of anilines is 1. The minimum Gasteiger partial charge on any atom is -0.366 e. The van der Waals surface area contributed by atoms with Crippen LogP contribution in [0.15, 0.2) is 47.6 Å². The van der Waals surface area contributed by atoms with Gasteiger partial charge in [-0.15, -0.1) is 0 Å². The lowest BCUT2D eigenvalue weighted by Crippen LogP contribution is -2.48. The summed E-state index contributed by atoms with van der Waals surface area (Å²) >= 11 is 2.19. The molecule has 27 heavy (non-hydrogen) atoms. The van der Waals surface area contributed by atoms with Gasteiger partial charge in [0, 0.05) is 26.9 Å². The molecule has 0 unspecified atom stereocenters. The second-order valence-electron chi connectivity index (χ2n) is 7.69. The topological polar surface area (TPSA) is 44.7 Å². The van der Waals surface area contributed by atoms with Crippen molar-refractivity contribution in [2.24, 2.45) is 5.10 Å². The van der Waals surface area contributed by atoms with Crippen LogP contribution in [-0.2, 0) is 0 Å². The SMILES string of the molecule is CCN1c2ccc(/C=N\NC(=O)c3cccc(I)c3)cc2[C@@H](C)CC1(C)C. The van der Waals surface area contributed by atoms with E-state index in [-0.39, 0.29) is 11.4 Å². The molecule has 2 aromatic rings. The van der Waals surface area contributed by atoms with Crippen LogP contribution in [0.25, 0.3) is 0 Å². The zero-order valence-electron chi connectivity index (χ0n) is 16.3. The number of hydrogen-bond acceptors (Lipinski definition) is 3. The third-order valence-electron chi connectivity index (χ3n) is 5.19. The number of amides is 1. The van der Waals surface area contributed by atoms with Gasteiger partial charge >= 0.3 is 0 Å². The molecule has 1 atom stereocenters. The fraction of sp³-hybridized carbons (Fsp3) is 0.364. The predicted octanol–water partition coefficient (Wildman–Crippen LogP) is 5.17. The van der Waals surface area contributed by atoms with E-state index in [1.165, 1.54) is 11.3 Å². The fourth-order valence-corrected chi connectivity index (χ4v) is 4.59. The fourth-order valence-electron chi connectivity index (χ4n) is 4.05. The van der Waals surface area contributed by atoms with Crippen molar-refractivity contribution in [1.29, 1.82) is 0 Å². The van der Waals surface area contributed by atoms with Gasteiger partial charge in [0.05, 0.1) is 6.21 Å². The summed E-state index contributed by atoms with van der Waals surface area (Å²) in [4.78, 5) is 14.7. The predicted molar refractivity (Wildman–Crippen MR) is 121 cm³/mol. The number of carbonyl (C=O) groups excluding carboxylic acids is 1. The van der Waals surface area contributed by atoms with Crippen LogP contribution < -0.4 is 10.3 Å². The number of hydrazone groups is 1. The largest absolute Gasteiger partial charge is 0.366 e. The van der Waals surface area contributed by atoms with Gasteiger partial charge in [0.1, 0.15) is 0 Å². The van der Waals surface area contributed by atoms with Gasteiger partial charge in [0.15, 0.2) is 0 Å². The van der Waals surface area contributed by atoms with Crippen molar-refractivity contribution in [3.8, 4) is 0 Å². The van der Waals surface area contributed by atoms with Crippen molar-refractivity contribution in [2.45, 2.75) is 45.6 Å². The van der Waals surface area contributed by atoms with Gasteiger partial charge in [-0.05, 0) is 97.2 Å². The Balaban J connectivity index is 1.76. The van der Waals surface area contributed by atoms with Crippen LogP contribution in [0.3, 0.4) is 0 Å². The van der Waals surface area contributed by atoms with E-state index < -0.39 is 0 Å². The molecule has 0 aromatic heterocycles. The maximum atomic E-state index is 12.2. The number of halogens is 1. The standard InChI is InChI=1S/C22H26IN3O/c1-5-26-20-10-9-16(11-19(20)15(2)13-22(26,3)4)14-24-25-21(27)17-7-6-8-18(23)12-17/h6-12,14-15H,5,13H2,1-4H3,(H,25,27)/b24-14-/t15-/m0/s1. The Kier molecular flexibility index (Phi) is 5.89. The van der Waals surface area contributed by atoms with Gasteiger partial charge in [-0.2, -0.15) is 5.10 Å². The van der Waals surface area contributed by atoms with Crippen LogP contribution in [0, 0.1) is 3.57 Å². The van der Waals surface area contributed by atoms with Gasteiger partial charge in [0.2, 0.25) is 0 Å². The highest BCUT2D eigenvalue weighted by molar-refractivity contribution is 14.1. The van der Waals surface area contributed by atoms with E-state index in [1.54, 1.807) is 12.3 Å². The second-order valence-corrected chi connectivity index (χ2v) is 8.94. The lowest BCUT2D eigenvalue weighted by atomic mass is 9.79.